The molecule has 0 spiro atoms. The van der Waals surface area contributed by atoms with Crippen molar-refractivity contribution in [1.29, 1.82) is 0 Å². The highest BCUT2D eigenvalue weighted by Crippen LogP contribution is 2.19. The molecule has 0 radical (unpaired) electrons. The van der Waals surface area contributed by atoms with Crippen molar-refractivity contribution in [3.05, 3.63) is 0 Å². The lowest BCUT2D eigenvalue weighted by Gasteiger charge is -2.39. The molecule has 2 fully saturated rings. The molecule has 102 valence electrons. The number of hydrogen-bond acceptors (Lipinski definition) is 3. The molecular weight excluding hydrogens is 236 g/mol. The number of carboxylic acids is 1. The van der Waals surface area contributed by atoms with Crippen LogP contribution >= 0.6 is 0 Å². The van der Waals surface area contributed by atoms with Crippen LogP contribution in [-0.4, -0.2) is 65.8 Å². The Hall–Kier alpha value is -1.30. The molecule has 2 amide bonds. The molecule has 0 saturated carbocycles. The Balaban J connectivity index is 2.03. The fourth-order valence-corrected chi connectivity index (χ4v) is 2.58. The maximum absolute atomic E-state index is 12.3. The van der Waals surface area contributed by atoms with Crippen LogP contribution in [0.4, 0.5) is 4.79 Å². The number of aliphatic carboxylic acids is 1. The standard InChI is InChI=1S/C12H20N2O4/c1-9-3-2-4-13(7-9)12(17)14-5-6-18-8-10(14)11(15)16/h9-10H,2-8H2,1H3,(H,15,16). The van der Waals surface area contributed by atoms with E-state index in [1.54, 1.807) is 4.90 Å². The van der Waals surface area contributed by atoms with E-state index >= 15 is 0 Å². The van der Waals surface area contributed by atoms with E-state index < -0.39 is 12.0 Å². The van der Waals surface area contributed by atoms with Crippen LogP contribution in [0.15, 0.2) is 0 Å². The number of morpholine rings is 1. The first-order chi connectivity index (χ1) is 8.59. The van der Waals surface area contributed by atoms with E-state index in [0.717, 1.165) is 25.9 Å². The summed E-state index contributed by atoms with van der Waals surface area (Å²) in [7, 11) is 0. The van der Waals surface area contributed by atoms with Gasteiger partial charge in [-0.3, -0.25) is 0 Å². The van der Waals surface area contributed by atoms with Crippen molar-refractivity contribution in [3.63, 3.8) is 0 Å². The highest BCUT2D eigenvalue weighted by Gasteiger charge is 2.35. The minimum absolute atomic E-state index is 0.0878. The topological polar surface area (TPSA) is 70.1 Å². The second-order valence-corrected chi connectivity index (χ2v) is 5.10. The van der Waals surface area contributed by atoms with Crippen LogP contribution in [0.25, 0.3) is 0 Å². The van der Waals surface area contributed by atoms with Gasteiger partial charge in [-0.25, -0.2) is 9.59 Å². The number of carbonyl (C=O) groups excluding carboxylic acids is 1. The van der Waals surface area contributed by atoms with Gasteiger partial charge in [-0.05, 0) is 18.8 Å². The lowest BCUT2D eigenvalue weighted by atomic mass is 10.0. The number of hydrogen-bond donors (Lipinski definition) is 1. The van der Waals surface area contributed by atoms with E-state index in [0.29, 0.717) is 19.1 Å². The van der Waals surface area contributed by atoms with Gasteiger partial charge in [0.15, 0.2) is 6.04 Å². The molecule has 2 aliphatic rings. The number of carboxylic acid groups (broad SMARTS) is 1. The molecule has 0 aliphatic carbocycles. The number of nitrogens with zero attached hydrogens (tertiary/aromatic N) is 2. The van der Waals surface area contributed by atoms with Crippen LogP contribution in [-0.2, 0) is 9.53 Å². The first-order valence-electron chi connectivity index (χ1n) is 6.45. The van der Waals surface area contributed by atoms with Gasteiger partial charge in [0.05, 0.1) is 13.2 Å². The number of rotatable bonds is 1. The molecule has 2 unspecified atom stereocenters. The Labute approximate surface area is 106 Å². The van der Waals surface area contributed by atoms with E-state index in [4.69, 9.17) is 9.84 Å². The molecule has 6 nitrogen and oxygen atoms in total. The molecule has 2 rings (SSSR count). The third kappa shape index (κ3) is 2.75. The molecule has 18 heavy (non-hydrogen) atoms. The van der Waals surface area contributed by atoms with Gasteiger partial charge in [0, 0.05) is 19.6 Å². The van der Waals surface area contributed by atoms with E-state index in [-0.39, 0.29) is 12.6 Å². The molecule has 0 aromatic rings. The number of ether oxygens (including phenoxy) is 1. The van der Waals surface area contributed by atoms with Crippen LogP contribution in [0.5, 0.6) is 0 Å². The maximum Gasteiger partial charge on any atom is 0.328 e. The van der Waals surface area contributed by atoms with Crippen LogP contribution in [0.1, 0.15) is 19.8 Å². The van der Waals surface area contributed by atoms with E-state index in [2.05, 4.69) is 6.92 Å². The van der Waals surface area contributed by atoms with Gasteiger partial charge in [-0.1, -0.05) is 6.92 Å². The summed E-state index contributed by atoms with van der Waals surface area (Å²) < 4.78 is 5.14. The quantitative estimate of drug-likeness (QED) is 0.747. The van der Waals surface area contributed by atoms with Crippen LogP contribution in [0.3, 0.4) is 0 Å². The molecule has 0 aromatic carbocycles. The van der Waals surface area contributed by atoms with Crippen LogP contribution < -0.4 is 0 Å². The second-order valence-electron chi connectivity index (χ2n) is 5.10. The summed E-state index contributed by atoms with van der Waals surface area (Å²) in [5, 5.41) is 9.12. The summed E-state index contributed by atoms with van der Waals surface area (Å²) in [6, 6.07) is -0.999. The molecule has 2 aliphatic heterocycles. The summed E-state index contributed by atoms with van der Waals surface area (Å²) in [4.78, 5) is 26.7. The lowest BCUT2D eigenvalue weighted by molar-refractivity contribution is -0.147. The van der Waals surface area contributed by atoms with E-state index in [9.17, 15) is 9.59 Å². The van der Waals surface area contributed by atoms with Crippen molar-refractivity contribution in [2.24, 2.45) is 5.92 Å². The summed E-state index contributed by atoms with van der Waals surface area (Å²) in [6.45, 7) is 4.44. The van der Waals surface area contributed by atoms with Crippen molar-refractivity contribution in [3.8, 4) is 0 Å². The minimum Gasteiger partial charge on any atom is -0.480 e. The highest BCUT2D eigenvalue weighted by atomic mass is 16.5. The average molecular weight is 256 g/mol. The fraction of sp³-hybridized carbons (Fsp3) is 0.833. The summed E-state index contributed by atoms with van der Waals surface area (Å²) in [5.41, 5.74) is 0. The van der Waals surface area contributed by atoms with Crippen LogP contribution in [0.2, 0.25) is 0 Å². The van der Waals surface area contributed by atoms with E-state index in [1.807, 2.05) is 0 Å². The monoisotopic (exact) mass is 256 g/mol. The first-order valence-corrected chi connectivity index (χ1v) is 6.45. The zero-order valence-electron chi connectivity index (χ0n) is 10.7. The molecule has 2 atom stereocenters. The van der Waals surface area contributed by atoms with Crippen LogP contribution in [0, 0.1) is 5.92 Å². The fourth-order valence-electron chi connectivity index (χ4n) is 2.58. The smallest absolute Gasteiger partial charge is 0.328 e. The van der Waals surface area contributed by atoms with Gasteiger partial charge < -0.3 is 19.6 Å². The molecule has 0 aromatic heterocycles. The number of urea groups is 1. The summed E-state index contributed by atoms with van der Waals surface area (Å²) >= 11 is 0. The zero-order chi connectivity index (χ0) is 13.1. The predicted octanol–water partition coefficient (Wildman–Crippen LogP) is 0.624. The van der Waals surface area contributed by atoms with Gasteiger partial charge in [0.2, 0.25) is 0 Å². The first kappa shape index (κ1) is 13.1. The summed E-state index contributed by atoms with van der Waals surface area (Å²) in [6.07, 6.45) is 2.13. The van der Waals surface area contributed by atoms with Gasteiger partial charge in [-0.15, -0.1) is 0 Å². The Bertz CT molecular complexity index is 334. The second kappa shape index (κ2) is 5.56. The lowest BCUT2D eigenvalue weighted by Crippen LogP contribution is -2.57. The highest BCUT2D eigenvalue weighted by molar-refractivity contribution is 5.83. The number of piperidine rings is 1. The zero-order valence-corrected chi connectivity index (χ0v) is 10.7. The Kier molecular flexibility index (Phi) is 4.06. The summed E-state index contributed by atoms with van der Waals surface area (Å²) in [5.74, 6) is -0.500. The molecule has 2 saturated heterocycles. The molecule has 6 heteroatoms. The van der Waals surface area contributed by atoms with Gasteiger partial charge in [0.25, 0.3) is 0 Å². The Morgan fingerprint density at radius 2 is 2.11 bits per heavy atom. The maximum atomic E-state index is 12.3. The molecule has 2 heterocycles. The average Bonchev–Trinajstić information content (AvgIpc) is 2.38. The Morgan fingerprint density at radius 1 is 1.33 bits per heavy atom. The Morgan fingerprint density at radius 3 is 2.78 bits per heavy atom. The largest absolute Gasteiger partial charge is 0.480 e. The SMILES string of the molecule is CC1CCCN(C(=O)N2CCOCC2C(=O)O)C1. The van der Waals surface area contributed by atoms with Gasteiger partial charge in [0.1, 0.15) is 0 Å². The predicted molar refractivity (Wildman–Crippen MR) is 64.3 cm³/mol. The normalized spacial score (nSPS) is 29.2. The van der Waals surface area contributed by atoms with Crippen molar-refractivity contribution < 1.29 is 19.4 Å². The van der Waals surface area contributed by atoms with Gasteiger partial charge >= 0.3 is 12.0 Å². The third-order valence-corrected chi connectivity index (χ3v) is 3.59. The number of likely N-dealkylation sites (tertiary alicyclic amines) is 1. The molecule has 0 bridgehead atoms. The van der Waals surface area contributed by atoms with Crippen molar-refractivity contribution in [2.75, 3.05) is 32.8 Å². The van der Waals surface area contributed by atoms with Crippen molar-refractivity contribution in [1.82, 2.24) is 9.80 Å². The third-order valence-electron chi connectivity index (χ3n) is 3.59. The minimum atomic E-state index is -0.992. The van der Waals surface area contributed by atoms with Crippen molar-refractivity contribution >= 4 is 12.0 Å². The molecular formula is C12H20N2O4. The number of carbonyl (C=O) groups is 2. The molecule has 1 N–H and O–H groups in total. The van der Waals surface area contributed by atoms with Gasteiger partial charge in [-0.2, -0.15) is 0 Å². The van der Waals surface area contributed by atoms with E-state index in [1.165, 1.54) is 4.90 Å². The number of amides is 2. The van der Waals surface area contributed by atoms with Crippen molar-refractivity contribution in [2.45, 2.75) is 25.8 Å².